The fourth-order valence-corrected chi connectivity index (χ4v) is 3.94. The summed E-state index contributed by atoms with van der Waals surface area (Å²) in [6.45, 7) is 11.6. The molecule has 0 spiro atoms. The van der Waals surface area contributed by atoms with Crippen molar-refractivity contribution >= 4 is 11.3 Å². The molecule has 0 aromatic carbocycles. The Morgan fingerprint density at radius 2 is 1.95 bits per heavy atom. The van der Waals surface area contributed by atoms with Crippen LogP contribution in [0.4, 0.5) is 0 Å². The van der Waals surface area contributed by atoms with E-state index < -0.39 is 0 Å². The summed E-state index contributed by atoms with van der Waals surface area (Å²) < 4.78 is 0. The van der Waals surface area contributed by atoms with E-state index in [0.717, 1.165) is 25.0 Å². The molecular formula is C17H29N3S. The Kier molecular flexibility index (Phi) is 4.67. The molecule has 21 heavy (non-hydrogen) atoms. The number of hydrogen-bond acceptors (Lipinski definition) is 4. The van der Waals surface area contributed by atoms with Crippen LogP contribution in [-0.4, -0.2) is 29.0 Å². The quantitative estimate of drug-likeness (QED) is 0.900. The molecule has 2 aliphatic rings. The summed E-state index contributed by atoms with van der Waals surface area (Å²) in [4.78, 5) is 7.36. The van der Waals surface area contributed by atoms with E-state index in [2.05, 4.69) is 36.4 Å². The van der Waals surface area contributed by atoms with Crippen molar-refractivity contribution in [2.75, 3.05) is 13.1 Å². The van der Waals surface area contributed by atoms with Gasteiger partial charge >= 0.3 is 0 Å². The van der Waals surface area contributed by atoms with Crippen LogP contribution in [0.15, 0.2) is 5.38 Å². The molecule has 4 heteroatoms. The van der Waals surface area contributed by atoms with Crippen LogP contribution >= 0.6 is 11.3 Å². The predicted molar refractivity (Wildman–Crippen MR) is 89.4 cm³/mol. The number of aromatic nitrogens is 1. The van der Waals surface area contributed by atoms with Crippen LogP contribution in [0.25, 0.3) is 0 Å². The Hall–Kier alpha value is -0.450. The zero-order valence-electron chi connectivity index (χ0n) is 13.7. The summed E-state index contributed by atoms with van der Waals surface area (Å²) in [5.74, 6) is 0.877. The monoisotopic (exact) mass is 307 g/mol. The third kappa shape index (κ3) is 4.51. The number of thiazole rings is 1. The number of nitrogens with zero attached hydrogens (tertiary/aromatic N) is 2. The van der Waals surface area contributed by atoms with Gasteiger partial charge < -0.3 is 5.32 Å². The van der Waals surface area contributed by atoms with Crippen LogP contribution in [0, 0.1) is 11.3 Å². The second-order valence-electron chi connectivity index (χ2n) is 7.80. The molecule has 2 fully saturated rings. The standard InChI is InChI=1S/C17H29N3S/c1-17(2,3)13-6-8-20(9-7-13)11-15-12-21-16(19-15)10-18-14-4-5-14/h12-14,18H,4-11H2,1-3H3. The van der Waals surface area contributed by atoms with Gasteiger partial charge in [-0.15, -0.1) is 11.3 Å². The van der Waals surface area contributed by atoms with Gasteiger partial charge in [0.15, 0.2) is 0 Å². The van der Waals surface area contributed by atoms with Crippen molar-refractivity contribution in [3.8, 4) is 0 Å². The molecule has 0 bridgehead atoms. The van der Waals surface area contributed by atoms with Gasteiger partial charge in [-0.2, -0.15) is 0 Å². The van der Waals surface area contributed by atoms with Gasteiger partial charge in [0, 0.05) is 24.5 Å². The van der Waals surface area contributed by atoms with E-state index in [-0.39, 0.29) is 0 Å². The first-order valence-corrected chi connectivity index (χ1v) is 9.28. The van der Waals surface area contributed by atoms with Crippen molar-refractivity contribution in [3.63, 3.8) is 0 Å². The Bertz CT molecular complexity index is 451. The van der Waals surface area contributed by atoms with E-state index >= 15 is 0 Å². The van der Waals surface area contributed by atoms with Crippen LogP contribution in [0.3, 0.4) is 0 Å². The highest BCUT2D eigenvalue weighted by Crippen LogP contribution is 2.34. The number of nitrogens with one attached hydrogen (secondary N) is 1. The first-order valence-electron chi connectivity index (χ1n) is 8.40. The summed E-state index contributed by atoms with van der Waals surface area (Å²) in [5, 5.41) is 7.05. The lowest BCUT2D eigenvalue weighted by atomic mass is 9.75. The predicted octanol–water partition coefficient (Wildman–Crippen LogP) is 3.65. The Labute approximate surface area is 133 Å². The highest BCUT2D eigenvalue weighted by molar-refractivity contribution is 7.09. The summed E-state index contributed by atoms with van der Waals surface area (Å²) in [6, 6.07) is 0.772. The smallest absolute Gasteiger partial charge is 0.107 e. The summed E-state index contributed by atoms with van der Waals surface area (Å²) in [6.07, 6.45) is 5.37. The molecule has 1 aromatic rings. The number of hydrogen-bond donors (Lipinski definition) is 1. The van der Waals surface area contributed by atoms with E-state index in [4.69, 9.17) is 4.98 Å². The normalized spacial score (nSPS) is 21.9. The van der Waals surface area contributed by atoms with E-state index in [1.807, 2.05) is 11.3 Å². The maximum Gasteiger partial charge on any atom is 0.107 e. The molecule has 1 N–H and O–H groups in total. The second-order valence-corrected chi connectivity index (χ2v) is 8.75. The van der Waals surface area contributed by atoms with Crippen molar-refractivity contribution in [1.82, 2.24) is 15.2 Å². The van der Waals surface area contributed by atoms with Crippen LogP contribution < -0.4 is 5.32 Å². The first kappa shape index (κ1) is 15.4. The van der Waals surface area contributed by atoms with Gasteiger partial charge in [-0.1, -0.05) is 20.8 Å². The topological polar surface area (TPSA) is 28.2 Å². The van der Waals surface area contributed by atoms with E-state index in [1.54, 1.807) is 0 Å². The Morgan fingerprint density at radius 1 is 1.24 bits per heavy atom. The molecular weight excluding hydrogens is 278 g/mol. The minimum atomic E-state index is 0.467. The van der Waals surface area contributed by atoms with Gasteiger partial charge in [0.25, 0.3) is 0 Å². The molecule has 1 aromatic heterocycles. The summed E-state index contributed by atoms with van der Waals surface area (Å²) >= 11 is 1.81. The Balaban J connectivity index is 1.44. The molecule has 118 valence electrons. The second kappa shape index (κ2) is 6.35. The minimum absolute atomic E-state index is 0.467. The van der Waals surface area contributed by atoms with Crippen LogP contribution in [0.5, 0.6) is 0 Å². The molecule has 0 amide bonds. The lowest BCUT2D eigenvalue weighted by molar-refractivity contribution is 0.107. The molecule has 0 unspecified atom stereocenters. The highest BCUT2D eigenvalue weighted by atomic mass is 32.1. The molecule has 0 atom stereocenters. The highest BCUT2D eigenvalue weighted by Gasteiger charge is 2.28. The van der Waals surface area contributed by atoms with Gasteiger partial charge in [-0.3, -0.25) is 4.90 Å². The lowest BCUT2D eigenvalue weighted by Gasteiger charge is -2.38. The third-order valence-corrected chi connectivity index (χ3v) is 5.81. The van der Waals surface area contributed by atoms with Crippen molar-refractivity contribution < 1.29 is 0 Å². The van der Waals surface area contributed by atoms with E-state index in [9.17, 15) is 0 Å². The molecule has 1 aliphatic carbocycles. The fraction of sp³-hybridized carbons (Fsp3) is 0.824. The summed E-state index contributed by atoms with van der Waals surface area (Å²) in [7, 11) is 0. The molecule has 2 heterocycles. The zero-order valence-corrected chi connectivity index (χ0v) is 14.5. The molecule has 1 saturated heterocycles. The number of piperidine rings is 1. The van der Waals surface area contributed by atoms with Crippen LogP contribution in [-0.2, 0) is 13.1 Å². The molecule has 0 radical (unpaired) electrons. The summed E-state index contributed by atoms with van der Waals surface area (Å²) in [5.41, 5.74) is 1.73. The number of likely N-dealkylation sites (tertiary alicyclic amines) is 1. The SMILES string of the molecule is CC(C)(C)C1CCN(Cc2csc(CNC3CC3)n2)CC1. The van der Waals surface area contributed by atoms with Crippen molar-refractivity contribution in [2.24, 2.45) is 11.3 Å². The maximum atomic E-state index is 4.79. The average molecular weight is 308 g/mol. The van der Waals surface area contributed by atoms with Gasteiger partial charge in [0.05, 0.1) is 5.69 Å². The first-order chi connectivity index (χ1) is 10.0. The van der Waals surface area contributed by atoms with E-state index in [1.165, 1.54) is 49.5 Å². The molecule has 1 aliphatic heterocycles. The van der Waals surface area contributed by atoms with Crippen LogP contribution in [0.1, 0.15) is 57.2 Å². The average Bonchev–Trinajstić information content (AvgIpc) is 3.16. The van der Waals surface area contributed by atoms with Gasteiger partial charge in [-0.25, -0.2) is 4.98 Å². The van der Waals surface area contributed by atoms with Gasteiger partial charge in [0.2, 0.25) is 0 Å². The third-order valence-electron chi connectivity index (χ3n) is 4.92. The van der Waals surface area contributed by atoms with Crippen molar-refractivity contribution in [3.05, 3.63) is 16.1 Å². The Morgan fingerprint density at radius 3 is 2.57 bits per heavy atom. The van der Waals surface area contributed by atoms with Gasteiger partial charge in [-0.05, 0) is 50.1 Å². The number of rotatable bonds is 5. The van der Waals surface area contributed by atoms with Crippen molar-refractivity contribution in [1.29, 1.82) is 0 Å². The zero-order chi connectivity index (χ0) is 14.9. The maximum absolute atomic E-state index is 4.79. The molecule has 1 saturated carbocycles. The molecule has 3 rings (SSSR count). The lowest BCUT2D eigenvalue weighted by Crippen LogP contribution is -2.37. The van der Waals surface area contributed by atoms with Gasteiger partial charge in [0.1, 0.15) is 5.01 Å². The minimum Gasteiger partial charge on any atom is -0.308 e. The van der Waals surface area contributed by atoms with E-state index in [0.29, 0.717) is 5.41 Å². The largest absolute Gasteiger partial charge is 0.308 e. The fourth-order valence-electron chi connectivity index (χ4n) is 3.21. The van der Waals surface area contributed by atoms with Crippen molar-refractivity contribution in [2.45, 2.75) is 65.6 Å². The van der Waals surface area contributed by atoms with Crippen LogP contribution in [0.2, 0.25) is 0 Å². The molecule has 3 nitrogen and oxygen atoms in total.